The summed E-state index contributed by atoms with van der Waals surface area (Å²) in [4.78, 5) is 22.9. The monoisotopic (exact) mass is 726 g/mol. The summed E-state index contributed by atoms with van der Waals surface area (Å²) in [6.45, 7) is 4.22. The predicted octanol–water partition coefficient (Wildman–Crippen LogP) is 6.25. The van der Waals surface area contributed by atoms with E-state index in [-0.39, 0.29) is 13.0 Å². The van der Waals surface area contributed by atoms with Gasteiger partial charge in [-0.2, -0.15) is 0 Å². The lowest BCUT2D eigenvalue weighted by Crippen LogP contribution is -2.64. The van der Waals surface area contributed by atoms with Gasteiger partial charge in [-0.3, -0.25) is 13.8 Å². The van der Waals surface area contributed by atoms with E-state index >= 15 is 0 Å². The zero-order valence-corrected chi connectivity index (χ0v) is 31.4. The van der Waals surface area contributed by atoms with Crippen molar-refractivity contribution in [2.75, 3.05) is 19.8 Å². The van der Waals surface area contributed by atoms with Crippen molar-refractivity contribution >= 4 is 13.8 Å². The standard InChI is InChI=1S/C36H71O12P/c1-3-5-7-9-11-13-14-15-16-17-19-21-23-25-30(37)47-29(27-45-26-24-22-20-18-12-10-8-6-4-2)28-46-49(43,44)48-36-34(41)32(39)31(38)33(40)35(36)42/h29,31-36,38-42H,3-28H2,1-2H3,(H,43,44). The van der Waals surface area contributed by atoms with E-state index in [0.29, 0.717) is 13.0 Å². The molecule has 1 saturated carbocycles. The van der Waals surface area contributed by atoms with Gasteiger partial charge in [0, 0.05) is 13.0 Å². The summed E-state index contributed by atoms with van der Waals surface area (Å²) < 4.78 is 33.9. The van der Waals surface area contributed by atoms with Gasteiger partial charge in [0.15, 0.2) is 0 Å². The van der Waals surface area contributed by atoms with Gasteiger partial charge in [0.1, 0.15) is 42.7 Å². The average molecular weight is 727 g/mol. The minimum absolute atomic E-state index is 0.0698. The SMILES string of the molecule is CCCCCCCCCCCCCCCC(=O)OC(COCCCCCCCCCCC)COP(=O)(O)OC1C(O)C(O)C(O)C(O)C1O. The zero-order chi connectivity index (χ0) is 36.3. The van der Waals surface area contributed by atoms with Crippen molar-refractivity contribution in [3.63, 3.8) is 0 Å². The van der Waals surface area contributed by atoms with Crippen LogP contribution in [0, 0.1) is 0 Å². The maximum absolute atomic E-state index is 12.7. The minimum atomic E-state index is -5.00. The zero-order valence-electron chi connectivity index (χ0n) is 30.5. The van der Waals surface area contributed by atoms with Crippen LogP contribution in [0.15, 0.2) is 0 Å². The second-order valence-corrected chi connectivity index (χ2v) is 15.2. The second-order valence-electron chi connectivity index (χ2n) is 13.8. The van der Waals surface area contributed by atoms with E-state index < -0.39 is 63.1 Å². The molecule has 0 radical (unpaired) electrons. The highest BCUT2D eigenvalue weighted by Gasteiger charge is 2.51. The maximum atomic E-state index is 12.7. The van der Waals surface area contributed by atoms with Gasteiger partial charge in [0.05, 0.1) is 13.2 Å². The quantitative estimate of drug-likeness (QED) is 0.0260. The molecule has 0 amide bonds. The Morgan fingerprint density at radius 3 is 1.41 bits per heavy atom. The van der Waals surface area contributed by atoms with Crippen LogP contribution in [-0.4, -0.2) is 98.9 Å². The molecule has 0 bridgehead atoms. The molecule has 49 heavy (non-hydrogen) atoms. The Hall–Kier alpha value is -0.660. The van der Waals surface area contributed by atoms with E-state index in [9.17, 15) is 39.8 Å². The molecule has 13 heteroatoms. The highest BCUT2D eigenvalue weighted by Crippen LogP contribution is 2.47. The number of rotatable bonds is 32. The molecule has 0 saturated heterocycles. The van der Waals surface area contributed by atoms with Crippen LogP contribution >= 0.6 is 7.82 Å². The number of carbonyl (C=O) groups excluding carboxylic acids is 1. The highest BCUT2D eigenvalue weighted by atomic mass is 31.2. The van der Waals surface area contributed by atoms with Gasteiger partial charge >= 0.3 is 13.8 Å². The molecule has 6 N–H and O–H groups in total. The Labute approximate surface area is 295 Å². The van der Waals surface area contributed by atoms with Crippen LogP contribution in [-0.2, 0) is 27.9 Å². The van der Waals surface area contributed by atoms with E-state index in [1.165, 1.54) is 96.3 Å². The molecule has 6 atom stereocenters. The number of unbranched alkanes of at least 4 members (excludes halogenated alkanes) is 20. The molecular weight excluding hydrogens is 655 g/mol. The number of aliphatic hydroxyl groups is 5. The third kappa shape index (κ3) is 22.1. The van der Waals surface area contributed by atoms with Crippen molar-refractivity contribution in [1.82, 2.24) is 0 Å². The number of esters is 1. The van der Waals surface area contributed by atoms with Gasteiger partial charge in [-0.1, -0.05) is 142 Å². The molecule has 292 valence electrons. The van der Waals surface area contributed by atoms with Crippen molar-refractivity contribution in [2.45, 2.75) is 204 Å². The van der Waals surface area contributed by atoms with Gasteiger partial charge < -0.3 is 39.9 Å². The molecule has 0 aliphatic heterocycles. The summed E-state index contributed by atoms with van der Waals surface area (Å²) in [6, 6.07) is 0. The minimum Gasteiger partial charge on any atom is -0.457 e. The van der Waals surface area contributed by atoms with E-state index in [0.717, 1.165) is 38.5 Å². The molecule has 1 fully saturated rings. The maximum Gasteiger partial charge on any atom is 0.472 e. The van der Waals surface area contributed by atoms with E-state index in [4.69, 9.17) is 18.5 Å². The van der Waals surface area contributed by atoms with Crippen molar-refractivity contribution in [3.05, 3.63) is 0 Å². The van der Waals surface area contributed by atoms with Crippen LogP contribution in [0.25, 0.3) is 0 Å². The summed E-state index contributed by atoms with van der Waals surface area (Å²) in [6.07, 6.45) is 13.3. The number of phosphoric acid groups is 1. The fourth-order valence-electron chi connectivity index (χ4n) is 6.06. The smallest absolute Gasteiger partial charge is 0.457 e. The summed E-state index contributed by atoms with van der Waals surface area (Å²) in [5, 5.41) is 49.9. The van der Waals surface area contributed by atoms with Gasteiger partial charge in [-0.05, 0) is 12.8 Å². The second kappa shape index (κ2) is 28.9. The Balaban J connectivity index is 2.46. The lowest BCUT2D eigenvalue weighted by molar-refractivity contribution is -0.220. The third-order valence-electron chi connectivity index (χ3n) is 9.23. The van der Waals surface area contributed by atoms with Gasteiger partial charge in [-0.25, -0.2) is 4.57 Å². The first-order valence-electron chi connectivity index (χ1n) is 19.4. The Morgan fingerprint density at radius 2 is 0.959 bits per heavy atom. The van der Waals surface area contributed by atoms with Gasteiger partial charge in [-0.15, -0.1) is 0 Å². The van der Waals surface area contributed by atoms with Gasteiger partial charge in [0.25, 0.3) is 0 Å². The Morgan fingerprint density at radius 1 is 0.571 bits per heavy atom. The first-order chi connectivity index (χ1) is 23.5. The van der Waals surface area contributed by atoms with Crippen LogP contribution in [0.1, 0.15) is 162 Å². The van der Waals surface area contributed by atoms with Crippen LogP contribution in [0.4, 0.5) is 0 Å². The normalized spacial score (nSPS) is 24.5. The van der Waals surface area contributed by atoms with E-state index in [1.807, 2.05) is 0 Å². The van der Waals surface area contributed by atoms with E-state index in [2.05, 4.69) is 13.8 Å². The molecule has 1 aliphatic carbocycles. The van der Waals surface area contributed by atoms with Crippen LogP contribution in [0.5, 0.6) is 0 Å². The van der Waals surface area contributed by atoms with Crippen molar-refractivity contribution in [3.8, 4) is 0 Å². The average Bonchev–Trinajstić information content (AvgIpc) is 3.08. The summed E-state index contributed by atoms with van der Waals surface area (Å²) in [5.74, 6) is -0.476. The molecule has 0 heterocycles. The molecular formula is C36H71O12P. The molecule has 0 aromatic carbocycles. The predicted molar refractivity (Wildman–Crippen MR) is 189 cm³/mol. The number of aliphatic hydroxyl groups excluding tert-OH is 5. The number of phosphoric ester groups is 1. The number of carbonyl (C=O) groups is 1. The van der Waals surface area contributed by atoms with E-state index in [1.54, 1.807) is 0 Å². The molecule has 6 unspecified atom stereocenters. The van der Waals surface area contributed by atoms with Crippen molar-refractivity contribution < 1.29 is 58.3 Å². The molecule has 0 aromatic heterocycles. The first kappa shape index (κ1) is 46.4. The third-order valence-corrected chi connectivity index (χ3v) is 10.2. The summed E-state index contributed by atoms with van der Waals surface area (Å²) in [7, 11) is -5.00. The molecule has 0 spiro atoms. The Bertz CT molecular complexity index is 833. The number of ether oxygens (including phenoxy) is 2. The molecule has 12 nitrogen and oxygen atoms in total. The van der Waals surface area contributed by atoms with Crippen LogP contribution in [0.2, 0.25) is 0 Å². The fourth-order valence-corrected chi connectivity index (χ4v) is 7.03. The largest absolute Gasteiger partial charge is 0.472 e. The number of hydrogen-bond acceptors (Lipinski definition) is 11. The summed E-state index contributed by atoms with van der Waals surface area (Å²) in [5.41, 5.74) is 0. The first-order valence-corrected chi connectivity index (χ1v) is 20.9. The Kier molecular flexibility index (Phi) is 27.3. The number of hydrogen-bond donors (Lipinski definition) is 6. The van der Waals surface area contributed by atoms with Crippen molar-refractivity contribution in [1.29, 1.82) is 0 Å². The van der Waals surface area contributed by atoms with Crippen molar-refractivity contribution in [2.24, 2.45) is 0 Å². The molecule has 1 rings (SSSR count). The van der Waals surface area contributed by atoms with Crippen LogP contribution < -0.4 is 0 Å². The van der Waals surface area contributed by atoms with Crippen LogP contribution in [0.3, 0.4) is 0 Å². The topological polar surface area (TPSA) is 192 Å². The fraction of sp³-hybridized carbons (Fsp3) is 0.972. The highest BCUT2D eigenvalue weighted by molar-refractivity contribution is 7.47. The molecule has 0 aromatic rings. The van der Waals surface area contributed by atoms with Gasteiger partial charge in [0.2, 0.25) is 0 Å². The lowest BCUT2D eigenvalue weighted by atomic mass is 9.85. The summed E-state index contributed by atoms with van der Waals surface area (Å²) >= 11 is 0. The molecule has 1 aliphatic rings. The lowest BCUT2D eigenvalue weighted by Gasteiger charge is -2.41.